The number of aromatic nitrogens is 3. The molecule has 1 aromatic carbocycles. The number of likely N-dealkylation sites (N-methyl/N-ethyl adjacent to an activating group) is 1. The number of aryl methyl sites for hydroxylation is 1. The van der Waals surface area contributed by atoms with Gasteiger partial charge in [0.25, 0.3) is 0 Å². The molecular formula is C15H19F3N4O. The summed E-state index contributed by atoms with van der Waals surface area (Å²) >= 11 is 0. The minimum Gasteiger partial charge on any atom is -0.391 e. The van der Waals surface area contributed by atoms with Gasteiger partial charge in [-0.05, 0) is 25.6 Å². The van der Waals surface area contributed by atoms with Crippen LogP contribution >= 0.6 is 0 Å². The molecule has 0 aliphatic rings. The second-order valence-electron chi connectivity index (χ2n) is 5.55. The number of benzene rings is 1. The van der Waals surface area contributed by atoms with E-state index in [4.69, 9.17) is 0 Å². The molecule has 5 nitrogen and oxygen atoms in total. The highest BCUT2D eigenvalue weighted by Crippen LogP contribution is 2.32. The summed E-state index contributed by atoms with van der Waals surface area (Å²) in [7, 11) is 1.75. The van der Waals surface area contributed by atoms with E-state index in [0.29, 0.717) is 18.2 Å². The number of halogens is 3. The van der Waals surface area contributed by atoms with Crippen LogP contribution < -0.4 is 0 Å². The predicted octanol–water partition coefficient (Wildman–Crippen LogP) is 2.17. The summed E-state index contributed by atoms with van der Waals surface area (Å²) in [6.07, 6.45) is -5.39. The third kappa shape index (κ3) is 5.04. The number of rotatable bonds is 6. The lowest BCUT2D eigenvalue weighted by atomic mass is 10.0. The van der Waals surface area contributed by atoms with Crippen LogP contribution in [0.3, 0.4) is 0 Å². The van der Waals surface area contributed by atoms with Crippen molar-refractivity contribution in [1.29, 1.82) is 0 Å². The minimum atomic E-state index is -4.42. The largest absolute Gasteiger partial charge is 0.416 e. The number of nitrogens with zero attached hydrogens (tertiary/aromatic N) is 3. The normalized spacial score (nSPS) is 13.5. The van der Waals surface area contributed by atoms with Crippen molar-refractivity contribution in [3.05, 3.63) is 47.0 Å². The maximum Gasteiger partial charge on any atom is 0.416 e. The van der Waals surface area contributed by atoms with Crippen molar-refractivity contribution in [1.82, 2.24) is 20.1 Å². The highest BCUT2D eigenvalue weighted by Gasteiger charge is 2.33. The molecule has 0 spiro atoms. The van der Waals surface area contributed by atoms with Crippen molar-refractivity contribution in [3.8, 4) is 0 Å². The number of aliphatic hydroxyl groups is 1. The van der Waals surface area contributed by atoms with E-state index in [0.717, 1.165) is 6.07 Å². The van der Waals surface area contributed by atoms with Crippen LogP contribution in [-0.2, 0) is 19.1 Å². The van der Waals surface area contributed by atoms with E-state index in [2.05, 4.69) is 15.2 Å². The topological polar surface area (TPSA) is 65.0 Å². The van der Waals surface area contributed by atoms with Crippen LogP contribution in [0, 0.1) is 6.92 Å². The monoisotopic (exact) mass is 328 g/mol. The van der Waals surface area contributed by atoms with Crippen molar-refractivity contribution < 1.29 is 18.3 Å². The summed E-state index contributed by atoms with van der Waals surface area (Å²) in [5.41, 5.74) is -0.610. The maximum absolute atomic E-state index is 12.9. The Labute approximate surface area is 132 Å². The Morgan fingerprint density at radius 3 is 2.61 bits per heavy atom. The minimum absolute atomic E-state index is 0.0625. The number of H-pyrrole nitrogens is 1. The first-order valence-corrected chi connectivity index (χ1v) is 7.15. The molecule has 0 fully saturated rings. The van der Waals surface area contributed by atoms with Crippen molar-refractivity contribution in [2.24, 2.45) is 0 Å². The summed E-state index contributed by atoms with van der Waals surface area (Å²) in [5.74, 6) is 1.26. The fraction of sp³-hybridized carbons (Fsp3) is 0.467. The van der Waals surface area contributed by atoms with Crippen LogP contribution in [-0.4, -0.2) is 44.9 Å². The van der Waals surface area contributed by atoms with Crippen molar-refractivity contribution in [2.75, 3.05) is 13.6 Å². The highest BCUT2D eigenvalue weighted by molar-refractivity contribution is 5.30. The summed E-state index contributed by atoms with van der Waals surface area (Å²) in [5, 5.41) is 16.8. The van der Waals surface area contributed by atoms with Gasteiger partial charge < -0.3 is 5.11 Å². The van der Waals surface area contributed by atoms with E-state index < -0.39 is 17.8 Å². The van der Waals surface area contributed by atoms with E-state index in [9.17, 15) is 18.3 Å². The van der Waals surface area contributed by atoms with Crippen molar-refractivity contribution in [2.45, 2.75) is 32.2 Å². The highest BCUT2D eigenvalue weighted by atomic mass is 19.4. The first-order valence-electron chi connectivity index (χ1n) is 7.15. The van der Waals surface area contributed by atoms with Gasteiger partial charge in [0.2, 0.25) is 0 Å². The van der Waals surface area contributed by atoms with Gasteiger partial charge in [0.1, 0.15) is 5.82 Å². The van der Waals surface area contributed by atoms with Gasteiger partial charge in [-0.1, -0.05) is 18.2 Å². The Hall–Kier alpha value is -1.93. The van der Waals surface area contributed by atoms with Crippen LogP contribution in [0.1, 0.15) is 22.8 Å². The van der Waals surface area contributed by atoms with Gasteiger partial charge in [0.15, 0.2) is 5.82 Å². The Kier molecular flexibility index (Phi) is 5.38. The number of hydrogen-bond acceptors (Lipinski definition) is 4. The van der Waals surface area contributed by atoms with Gasteiger partial charge >= 0.3 is 6.18 Å². The number of aliphatic hydroxyl groups excluding tert-OH is 1. The first kappa shape index (κ1) is 17.4. The third-order valence-corrected chi connectivity index (χ3v) is 3.36. The molecule has 2 aromatic rings. The first-order chi connectivity index (χ1) is 10.8. The smallest absolute Gasteiger partial charge is 0.391 e. The molecule has 2 N–H and O–H groups in total. The summed E-state index contributed by atoms with van der Waals surface area (Å²) in [6.45, 7) is 2.40. The third-order valence-electron chi connectivity index (χ3n) is 3.36. The molecule has 8 heteroatoms. The SMILES string of the molecule is Cc1nc(CN(C)CC(O)Cc2ccccc2C(F)(F)F)n[nH]1. The maximum atomic E-state index is 12.9. The molecule has 1 unspecified atom stereocenters. The Morgan fingerprint density at radius 2 is 2.00 bits per heavy atom. The molecule has 1 heterocycles. The standard InChI is InChI=1S/C15H19F3N4O/c1-10-19-14(21-20-10)9-22(2)8-12(23)7-11-5-3-4-6-13(11)15(16,17)18/h3-6,12,23H,7-9H2,1-2H3,(H,19,20,21). The quantitative estimate of drug-likeness (QED) is 0.853. The summed E-state index contributed by atoms with van der Waals surface area (Å²) in [4.78, 5) is 5.92. The van der Waals surface area contributed by atoms with Crippen molar-refractivity contribution >= 4 is 0 Å². The van der Waals surface area contributed by atoms with Crippen LogP contribution in [0.25, 0.3) is 0 Å². The number of alkyl halides is 3. The molecule has 0 radical (unpaired) electrons. The summed E-state index contributed by atoms with van der Waals surface area (Å²) < 4.78 is 38.8. The molecule has 0 aliphatic carbocycles. The van der Waals surface area contributed by atoms with Gasteiger partial charge in [0, 0.05) is 13.0 Å². The molecule has 0 bridgehead atoms. The molecule has 0 amide bonds. The number of hydrogen-bond donors (Lipinski definition) is 2. The van der Waals surface area contributed by atoms with Crippen LogP contribution in [0.5, 0.6) is 0 Å². The van der Waals surface area contributed by atoms with Crippen molar-refractivity contribution in [3.63, 3.8) is 0 Å². The van der Waals surface area contributed by atoms with Gasteiger partial charge in [-0.2, -0.15) is 18.3 Å². The van der Waals surface area contributed by atoms with Crippen LogP contribution in [0.2, 0.25) is 0 Å². The van der Waals surface area contributed by atoms with Gasteiger partial charge in [0.05, 0.1) is 18.2 Å². The molecule has 126 valence electrons. The van der Waals surface area contributed by atoms with E-state index in [-0.39, 0.29) is 18.5 Å². The fourth-order valence-corrected chi connectivity index (χ4v) is 2.42. The second kappa shape index (κ2) is 7.10. The molecule has 0 saturated carbocycles. The predicted molar refractivity (Wildman–Crippen MR) is 78.6 cm³/mol. The average molecular weight is 328 g/mol. The average Bonchev–Trinajstić information content (AvgIpc) is 2.83. The zero-order chi connectivity index (χ0) is 17.0. The Balaban J connectivity index is 1.96. The molecule has 0 aliphatic heterocycles. The molecule has 1 aromatic heterocycles. The zero-order valence-corrected chi connectivity index (χ0v) is 12.9. The van der Waals surface area contributed by atoms with E-state index >= 15 is 0 Å². The van der Waals surface area contributed by atoms with E-state index in [1.54, 1.807) is 18.9 Å². The van der Waals surface area contributed by atoms with Crippen LogP contribution in [0.15, 0.2) is 24.3 Å². The lowest BCUT2D eigenvalue weighted by Gasteiger charge is -2.20. The van der Waals surface area contributed by atoms with Gasteiger partial charge in [-0.3, -0.25) is 10.00 Å². The molecule has 0 saturated heterocycles. The molecular weight excluding hydrogens is 309 g/mol. The Bertz CT molecular complexity index is 642. The van der Waals surface area contributed by atoms with Gasteiger partial charge in [-0.25, -0.2) is 4.98 Å². The zero-order valence-electron chi connectivity index (χ0n) is 12.9. The van der Waals surface area contributed by atoms with E-state index in [1.807, 2.05) is 0 Å². The lowest BCUT2D eigenvalue weighted by molar-refractivity contribution is -0.138. The number of aromatic amines is 1. The fourth-order valence-electron chi connectivity index (χ4n) is 2.42. The van der Waals surface area contributed by atoms with Crippen LogP contribution in [0.4, 0.5) is 13.2 Å². The lowest BCUT2D eigenvalue weighted by Crippen LogP contribution is -2.31. The van der Waals surface area contributed by atoms with Gasteiger partial charge in [-0.15, -0.1) is 0 Å². The molecule has 2 rings (SSSR count). The molecule has 1 atom stereocenters. The Morgan fingerprint density at radius 1 is 1.30 bits per heavy atom. The number of nitrogens with one attached hydrogen (secondary N) is 1. The molecule has 23 heavy (non-hydrogen) atoms. The van der Waals surface area contributed by atoms with E-state index in [1.165, 1.54) is 18.2 Å². The summed E-state index contributed by atoms with van der Waals surface area (Å²) in [6, 6.07) is 5.31. The second-order valence-corrected chi connectivity index (χ2v) is 5.55.